The second-order valence-electron chi connectivity index (χ2n) is 7.56. The normalized spacial score (nSPS) is 15.1. The van der Waals surface area contributed by atoms with E-state index in [1.807, 2.05) is 18.7 Å². The average Bonchev–Trinajstić information content (AvgIpc) is 3.07. The number of carbonyl (C=O) groups excluding carboxylic acids is 1. The van der Waals surface area contributed by atoms with Gasteiger partial charge < -0.3 is 4.90 Å². The van der Waals surface area contributed by atoms with Gasteiger partial charge in [-0.25, -0.2) is 4.98 Å². The predicted octanol–water partition coefficient (Wildman–Crippen LogP) is 4.24. The number of aryl methyl sites for hydroxylation is 2. The predicted molar refractivity (Wildman–Crippen MR) is 118 cm³/mol. The van der Waals surface area contributed by atoms with Gasteiger partial charge in [0.2, 0.25) is 5.91 Å². The van der Waals surface area contributed by atoms with Crippen LogP contribution in [0.15, 0.2) is 60.7 Å². The summed E-state index contributed by atoms with van der Waals surface area (Å²) in [6.07, 6.45) is 0.470. The molecule has 1 aromatic heterocycles. The number of amides is 1. The van der Waals surface area contributed by atoms with E-state index >= 15 is 0 Å². The zero-order chi connectivity index (χ0) is 20.2. The Balaban J connectivity index is 1.45. The second-order valence-corrected chi connectivity index (χ2v) is 8.85. The van der Waals surface area contributed by atoms with Crippen molar-refractivity contribution in [3.8, 4) is 0 Å². The number of aromatic nitrogens is 1. The molecule has 0 saturated carbocycles. The van der Waals surface area contributed by atoms with Gasteiger partial charge in [-0.2, -0.15) is 0 Å². The van der Waals surface area contributed by atoms with E-state index in [0.29, 0.717) is 6.42 Å². The highest BCUT2D eigenvalue weighted by Gasteiger charge is 2.28. The zero-order valence-electron chi connectivity index (χ0n) is 17.0. The first-order valence-corrected chi connectivity index (χ1v) is 11.0. The van der Waals surface area contributed by atoms with Gasteiger partial charge >= 0.3 is 0 Å². The lowest BCUT2D eigenvalue weighted by Gasteiger charge is -2.39. The Morgan fingerprint density at radius 2 is 1.48 bits per heavy atom. The molecule has 2 heterocycles. The summed E-state index contributed by atoms with van der Waals surface area (Å²) in [5.41, 5.74) is 3.59. The lowest BCUT2D eigenvalue weighted by atomic mass is 9.96. The molecule has 4 rings (SSSR count). The monoisotopic (exact) mass is 405 g/mol. The average molecular weight is 406 g/mol. The summed E-state index contributed by atoms with van der Waals surface area (Å²) >= 11 is 1.64. The number of benzene rings is 2. The van der Waals surface area contributed by atoms with E-state index in [2.05, 4.69) is 70.5 Å². The Morgan fingerprint density at radius 1 is 0.931 bits per heavy atom. The number of hydrogen-bond donors (Lipinski definition) is 0. The van der Waals surface area contributed by atoms with Crippen LogP contribution >= 0.6 is 11.3 Å². The maximum Gasteiger partial charge on any atom is 0.227 e. The molecule has 5 heteroatoms. The van der Waals surface area contributed by atoms with Gasteiger partial charge in [-0.3, -0.25) is 9.69 Å². The topological polar surface area (TPSA) is 36.4 Å². The van der Waals surface area contributed by atoms with E-state index < -0.39 is 0 Å². The molecule has 3 aromatic rings. The van der Waals surface area contributed by atoms with Crippen molar-refractivity contribution in [2.24, 2.45) is 0 Å². The van der Waals surface area contributed by atoms with Gasteiger partial charge in [0.15, 0.2) is 0 Å². The molecule has 0 radical (unpaired) electrons. The SMILES string of the molecule is Cc1nc(C)c(CC(=O)N2CCN(C(c3ccccc3)c3ccccc3)CC2)s1. The molecule has 150 valence electrons. The van der Waals surface area contributed by atoms with Gasteiger partial charge in [-0.1, -0.05) is 60.7 Å². The molecule has 4 nitrogen and oxygen atoms in total. The number of piperazine rings is 1. The fourth-order valence-electron chi connectivity index (χ4n) is 4.10. The van der Waals surface area contributed by atoms with Crippen molar-refractivity contribution >= 4 is 17.2 Å². The van der Waals surface area contributed by atoms with E-state index in [-0.39, 0.29) is 11.9 Å². The van der Waals surface area contributed by atoms with Gasteiger partial charge in [0, 0.05) is 31.1 Å². The molecular formula is C24H27N3OS. The van der Waals surface area contributed by atoms with Crippen LogP contribution in [0, 0.1) is 13.8 Å². The highest BCUT2D eigenvalue weighted by Crippen LogP contribution is 2.29. The van der Waals surface area contributed by atoms with Crippen LogP contribution in [0.5, 0.6) is 0 Å². The number of thiazole rings is 1. The van der Waals surface area contributed by atoms with Gasteiger partial charge in [0.1, 0.15) is 0 Å². The molecule has 1 saturated heterocycles. The van der Waals surface area contributed by atoms with Crippen molar-refractivity contribution < 1.29 is 4.79 Å². The van der Waals surface area contributed by atoms with Crippen molar-refractivity contribution in [2.75, 3.05) is 26.2 Å². The maximum atomic E-state index is 12.8. The van der Waals surface area contributed by atoms with Crippen molar-refractivity contribution in [3.63, 3.8) is 0 Å². The third-order valence-corrected chi connectivity index (χ3v) is 6.65. The van der Waals surface area contributed by atoms with E-state index in [0.717, 1.165) is 41.8 Å². The summed E-state index contributed by atoms with van der Waals surface area (Å²) in [6, 6.07) is 21.5. The Labute approximate surface area is 176 Å². The van der Waals surface area contributed by atoms with Crippen molar-refractivity contribution in [1.82, 2.24) is 14.8 Å². The molecule has 1 aliphatic heterocycles. The smallest absolute Gasteiger partial charge is 0.227 e. The molecule has 1 amide bonds. The molecule has 0 spiro atoms. The maximum absolute atomic E-state index is 12.8. The summed E-state index contributed by atoms with van der Waals surface area (Å²) in [5.74, 6) is 0.215. The van der Waals surface area contributed by atoms with E-state index in [4.69, 9.17) is 0 Å². The molecule has 0 bridgehead atoms. The van der Waals surface area contributed by atoms with Gasteiger partial charge in [0.05, 0.1) is 23.2 Å². The van der Waals surface area contributed by atoms with Crippen LogP contribution in [0.25, 0.3) is 0 Å². The van der Waals surface area contributed by atoms with Gasteiger partial charge in [-0.15, -0.1) is 11.3 Å². The van der Waals surface area contributed by atoms with Gasteiger partial charge in [0.25, 0.3) is 0 Å². The summed E-state index contributed by atoms with van der Waals surface area (Å²) < 4.78 is 0. The van der Waals surface area contributed by atoms with Crippen LogP contribution in [-0.2, 0) is 11.2 Å². The van der Waals surface area contributed by atoms with E-state index in [1.165, 1.54) is 11.1 Å². The minimum Gasteiger partial charge on any atom is -0.340 e. The molecule has 0 unspecified atom stereocenters. The van der Waals surface area contributed by atoms with Crippen molar-refractivity contribution in [1.29, 1.82) is 0 Å². The molecular weight excluding hydrogens is 378 g/mol. The lowest BCUT2D eigenvalue weighted by Crippen LogP contribution is -2.50. The highest BCUT2D eigenvalue weighted by molar-refractivity contribution is 7.11. The Bertz CT molecular complexity index is 907. The summed E-state index contributed by atoms with van der Waals surface area (Å²) in [4.78, 5) is 22.9. The van der Waals surface area contributed by atoms with Crippen LogP contribution in [0.1, 0.15) is 32.7 Å². The fourth-order valence-corrected chi connectivity index (χ4v) is 5.03. The Hall–Kier alpha value is -2.50. The number of carbonyl (C=O) groups is 1. The van der Waals surface area contributed by atoms with Crippen LogP contribution < -0.4 is 0 Å². The minimum atomic E-state index is 0.215. The molecule has 1 fully saturated rings. The highest BCUT2D eigenvalue weighted by atomic mass is 32.1. The van der Waals surface area contributed by atoms with Crippen LogP contribution in [0.4, 0.5) is 0 Å². The molecule has 1 aliphatic rings. The first kappa shape index (κ1) is 19.8. The fraction of sp³-hybridized carbons (Fsp3) is 0.333. The van der Waals surface area contributed by atoms with E-state index in [9.17, 15) is 4.79 Å². The minimum absolute atomic E-state index is 0.215. The largest absolute Gasteiger partial charge is 0.340 e. The molecule has 29 heavy (non-hydrogen) atoms. The standard InChI is InChI=1S/C24H27N3OS/c1-18-22(29-19(2)25-18)17-23(28)26-13-15-27(16-14-26)24(20-9-5-3-6-10-20)21-11-7-4-8-12-21/h3-12,24H,13-17H2,1-2H3. The summed E-state index contributed by atoms with van der Waals surface area (Å²) in [6.45, 7) is 7.28. The van der Waals surface area contributed by atoms with Crippen molar-refractivity contribution in [2.45, 2.75) is 26.3 Å². The van der Waals surface area contributed by atoms with Crippen LogP contribution in [0.2, 0.25) is 0 Å². The quantitative estimate of drug-likeness (QED) is 0.637. The Morgan fingerprint density at radius 3 is 1.97 bits per heavy atom. The van der Waals surface area contributed by atoms with Crippen LogP contribution in [0.3, 0.4) is 0 Å². The van der Waals surface area contributed by atoms with Gasteiger partial charge in [-0.05, 0) is 25.0 Å². The third-order valence-electron chi connectivity index (χ3n) is 5.57. The van der Waals surface area contributed by atoms with Crippen LogP contribution in [-0.4, -0.2) is 46.9 Å². The van der Waals surface area contributed by atoms with Crippen molar-refractivity contribution in [3.05, 3.63) is 87.4 Å². The second kappa shape index (κ2) is 8.89. The third kappa shape index (κ3) is 4.57. The summed E-state index contributed by atoms with van der Waals surface area (Å²) in [5, 5.41) is 1.03. The first-order chi connectivity index (χ1) is 14.1. The molecule has 0 atom stereocenters. The Kier molecular flexibility index (Phi) is 6.07. The number of nitrogens with zero attached hydrogens (tertiary/aromatic N) is 3. The number of hydrogen-bond acceptors (Lipinski definition) is 4. The molecule has 0 aliphatic carbocycles. The summed E-state index contributed by atoms with van der Waals surface area (Å²) in [7, 11) is 0. The lowest BCUT2D eigenvalue weighted by molar-refractivity contribution is -0.132. The molecule has 0 N–H and O–H groups in total. The zero-order valence-corrected chi connectivity index (χ0v) is 17.9. The van der Waals surface area contributed by atoms with E-state index in [1.54, 1.807) is 11.3 Å². The first-order valence-electron chi connectivity index (χ1n) is 10.2. The molecule has 2 aromatic carbocycles. The number of rotatable bonds is 5.